The summed E-state index contributed by atoms with van der Waals surface area (Å²) in [5.41, 5.74) is 1.46. The standard InChI is InChI=1S/C23H30N2O5S/c1-15(30-18-10-6-16(7-11-18)23(2,3)4)22(26)24-20-14-19(12-13-21(20)29-5)31(27,28)25-17-8-9-17/h6-7,10-15,17,25H,8-9H2,1-5H3,(H,24,26). The lowest BCUT2D eigenvalue weighted by Gasteiger charge is -2.20. The van der Waals surface area contributed by atoms with E-state index in [1.807, 2.05) is 24.3 Å². The van der Waals surface area contributed by atoms with E-state index in [1.165, 1.54) is 30.9 Å². The van der Waals surface area contributed by atoms with Crippen molar-refractivity contribution in [2.75, 3.05) is 12.4 Å². The number of carbonyl (C=O) groups excluding carboxylic acids is 1. The molecule has 7 nitrogen and oxygen atoms in total. The Morgan fingerprint density at radius 1 is 1.10 bits per heavy atom. The van der Waals surface area contributed by atoms with Gasteiger partial charge in [0.2, 0.25) is 10.0 Å². The van der Waals surface area contributed by atoms with Crippen LogP contribution in [0.25, 0.3) is 0 Å². The Hall–Kier alpha value is -2.58. The molecule has 1 aliphatic rings. The molecule has 1 atom stereocenters. The number of hydrogen-bond acceptors (Lipinski definition) is 5. The first-order valence-electron chi connectivity index (χ1n) is 10.3. The van der Waals surface area contributed by atoms with Crippen LogP contribution >= 0.6 is 0 Å². The Balaban J connectivity index is 1.71. The third-order valence-electron chi connectivity index (χ3n) is 5.04. The number of amides is 1. The van der Waals surface area contributed by atoms with Crippen LogP contribution in [0.4, 0.5) is 5.69 Å². The van der Waals surface area contributed by atoms with E-state index in [1.54, 1.807) is 6.92 Å². The number of rotatable bonds is 8. The predicted molar refractivity (Wildman–Crippen MR) is 120 cm³/mol. The Kier molecular flexibility index (Phi) is 6.62. The minimum absolute atomic E-state index is 0.0109. The van der Waals surface area contributed by atoms with Crippen LogP contribution in [0.5, 0.6) is 11.5 Å². The molecule has 1 aliphatic carbocycles. The fourth-order valence-corrected chi connectivity index (χ4v) is 4.30. The van der Waals surface area contributed by atoms with Crippen LogP contribution < -0.4 is 19.5 Å². The fraction of sp³-hybridized carbons (Fsp3) is 0.435. The maximum absolute atomic E-state index is 12.7. The summed E-state index contributed by atoms with van der Waals surface area (Å²) in [5, 5.41) is 2.72. The first-order valence-corrected chi connectivity index (χ1v) is 11.8. The van der Waals surface area contributed by atoms with Crippen LogP contribution in [0.15, 0.2) is 47.4 Å². The smallest absolute Gasteiger partial charge is 0.265 e. The molecular formula is C23H30N2O5S. The average molecular weight is 447 g/mol. The lowest BCUT2D eigenvalue weighted by Crippen LogP contribution is -2.30. The van der Waals surface area contributed by atoms with Crippen LogP contribution in [-0.2, 0) is 20.2 Å². The molecule has 1 amide bonds. The van der Waals surface area contributed by atoms with Gasteiger partial charge in [0, 0.05) is 6.04 Å². The second-order valence-corrected chi connectivity index (χ2v) is 10.5. The number of anilines is 1. The molecule has 2 aromatic carbocycles. The van der Waals surface area contributed by atoms with Crippen molar-refractivity contribution in [3.8, 4) is 11.5 Å². The number of hydrogen-bond donors (Lipinski definition) is 2. The normalized spacial score (nSPS) is 15.3. The van der Waals surface area contributed by atoms with Crippen LogP contribution in [0.1, 0.15) is 46.1 Å². The monoisotopic (exact) mass is 446 g/mol. The van der Waals surface area contributed by atoms with E-state index in [0.29, 0.717) is 11.5 Å². The zero-order valence-electron chi connectivity index (χ0n) is 18.6. The molecule has 3 rings (SSSR count). The van der Waals surface area contributed by atoms with Crippen molar-refractivity contribution in [3.63, 3.8) is 0 Å². The summed E-state index contributed by atoms with van der Waals surface area (Å²) in [5.74, 6) is 0.524. The van der Waals surface area contributed by atoms with Crippen molar-refractivity contribution in [2.24, 2.45) is 0 Å². The first kappa shape index (κ1) is 23.1. The highest BCUT2D eigenvalue weighted by molar-refractivity contribution is 7.89. The fourth-order valence-electron chi connectivity index (χ4n) is 2.97. The summed E-state index contributed by atoms with van der Waals surface area (Å²) in [4.78, 5) is 12.8. The molecule has 1 saturated carbocycles. The Labute approximate surface area is 184 Å². The van der Waals surface area contributed by atoms with Gasteiger partial charge in [-0.25, -0.2) is 13.1 Å². The van der Waals surface area contributed by atoms with Gasteiger partial charge in [-0.1, -0.05) is 32.9 Å². The third kappa shape index (κ3) is 5.98. The molecule has 0 heterocycles. The molecule has 8 heteroatoms. The molecule has 0 aliphatic heterocycles. The quantitative estimate of drug-likeness (QED) is 0.643. The SMILES string of the molecule is COc1ccc(S(=O)(=O)NC2CC2)cc1NC(=O)C(C)Oc1ccc(C(C)(C)C)cc1. The Morgan fingerprint density at radius 2 is 1.74 bits per heavy atom. The van der Waals surface area contributed by atoms with Gasteiger partial charge in [-0.05, 0) is 61.1 Å². The van der Waals surface area contributed by atoms with E-state index >= 15 is 0 Å². The number of methoxy groups -OCH3 is 1. The molecular weight excluding hydrogens is 416 g/mol. The molecule has 0 saturated heterocycles. The maximum atomic E-state index is 12.7. The van der Waals surface area contributed by atoms with Crippen molar-refractivity contribution >= 4 is 21.6 Å². The van der Waals surface area contributed by atoms with Crippen LogP contribution in [0.3, 0.4) is 0 Å². The predicted octanol–water partition coefficient (Wildman–Crippen LogP) is 3.84. The number of ether oxygens (including phenoxy) is 2. The highest BCUT2D eigenvalue weighted by Gasteiger charge is 2.28. The minimum atomic E-state index is -3.65. The topological polar surface area (TPSA) is 93.7 Å². The highest BCUT2D eigenvalue weighted by Crippen LogP contribution is 2.30. The second kappa shape index (κ2) is 8.88. The summed E-state index contributed by atoms with van der Waals surface area (Å²) in [6.45, 7) is 8.01. The zero-order chi connectivity index (χ0) is 22.8. The summed E-state index contributed by atoms with van der Waals surface area (Å²) < 4.78 is 38.7. The largest absolute Gasteiger partial charge is 0.495 e. The van der Waals surface area contributed by atoms with Gasteiger partial charge in [0.25, 0.3) is 5.91 Å². The lowest BCUT2D eigenvalue weighted by atomic mass is 9.87. The van der Waals surface area contributed by atoms with Crippen molar-refractivity contribution in [1.29, 1.82) is 0 Å². The van der Waals surface area contributed by atoms with E-state index in [2.05, 4.69) is 30.8 Å². The summed E-state index contributed by atoms with van der Waals surface area (Å²) in [6.07, 6.45) is 0.879. The lowest BCUT2D eigenvalue weighted by molar-refractivity contribution is -0.122. The minimum Gasteiger partial charge on any atom is -0.495 e. The van der Waals surface area contributed by atoms with Gasteiger partial charge in [-0.2, -0.15) is 0 Å². The van der Waals surface area contributed by atoms with Gasteiger partial charge in [0.1, 0.15) is 11.5 Å². The molecule has 2 N–H and O–H groups in total. The molecule has 31 heavy (non-hydrogen) atoms. The van der Waals surface area contributed by atoms with E-state index in [4.69, 9.17) is 9.47 Å². The Bertz CT molecular complexity index is 1040. The van der Waals surface area contributed by atoms with Gasteiger partial charge in [-0.15, -0.1) is 0 Å². The van der Waals surface area contributed by atoms with Crippen LogP contribution in [0.2, 0.25) is 0 Å². The maximum Gasteiger partial charge on any atom is 0.265 e. The first-order chi connectivity index (χ1) is 14.5. The number of sulfonamides is 1. The van der Waals surface area contributed by atoms with E-state index in [0.717, 1.165) is 12.8 Å². The second-order valence-electron chi connectivity index (χ2n) is 8.78. The number of carbonyl (C=O) groups is 1. The molecule has 1 fully saturated rings. The summed E-state index contributed by atoms with van der Waals surface area (Å²) in [7, 11) is -2.20. The molecule has 0 radical (unpaired) electrons. The van der Waals surface area contributed by atoms with E-state index < -0.39 is 22.0 Å². The number of nitrogens with one attached hydrogen (secondary N) is 2. The molecule has 0 bridgehead atoms. The van der Waals surface area contributed by atoms with E-state index in [9.17, 15) is 13.2 Å². The third-order valence-corrected chi connectivity index (χ3v) is 6.56. The summed E-state index contributed by atoms with van der Waals surface area (Å²) >= 11 is 0. The molecule has 2 aromatic rings. The molecule has 168 valence electrons. The number of benzene rings is 2. The molecule has 0 spiro atoms. The summed E-state index contributed by atoms with van der Waals surface area (Å²) in [6, 6.07) is 12.0. The Morgan fingerprint density at radius 3 is 2.29 bits per heavy atom. The van der Waals surface area contributed by atoms with Crippen molar-refractivity contribution in [1.82, 2.24) is 4.72 Å². The van der Waals surface area contributed by atoms with Crippen LogP contribution in [-0.4, -0.2) is 33.6 Å². The van der Waals surface area contributed by atoms with Crippen molar-refractivity contribution < 1.29 is 22.7 Å². The van der Waals surface area contributed by atoms with Gasteiger partial charge >= 0.3 is 0 Å². The highest BCUT2D eigenvalue weighted by atomic mass is 32.2. The van der Waals surface area contributed by atoms with Gasteiger partial charge < -0.3 is 14.8 Å². The average Bonchev–Trinajstić information content (AvgIpc) is 3.51. The van der Waals surface area contributed by atoms with Crippen LogP contribution in [0, 0.1) is 0 Å². The molecule has 1 unspecified atom stereocenters. The van der Waals surface area contributed by atoms with E-state index in [-0.39, 0.29) is 22.0 Å². The van der Waals surface area contributed by atoms with Gasteiger partial charge in [0.15, 0.2) is 6.10 Å². The van der Waals surface area contributed by atoms with Crippen molar-refractivity contribution in [3.05, 3.63) is 48.0 Å². The van der Waals surface area contributed by atoms with Crippen molar-refractivity contribution in [2.45, 2.75) is 63.0 Å². The van der Waals surface area contributed by atoms with Gasteiger partial charge in [-0.3, -0.25) is 4.79 Å². The molecule has 0 aromatic heterocycles. The van der Waals surface area contributed by atoms with Gasteiger partial charge in [0.05, 0.1) is 17.7 Å². The zero-order valence-corrected chi connectivity index (χ0v) is 19.4.